The van der Waals surface area contributed by atoms with Crippen molar-refractivity contribution in [2.24, 2.45) is 0 Å². The van der Waals surface area contributed by atoms with Gasteiger partial charge in [-0.25, -0.2) is 0 Å². The van der Waals surface area contributed by atoms with Gasteiger partial charge in [-0.15, -0.1) is 21.5 Å². The van der Waals surface area contributed by atoms with Gasteiger partial charge in [0.05, 0.1) is 11.4 Å². The van der Waals surface area contributed by atoms with Crippen molar-refractivity contribution < 1.29 is 9.59 Å². The summed E-state index contributed by atoms with van der Waals surface area (Å²) in [6.07, 6.45) is 0. The highest BCUT2D eigenvalue weighted by atomic mass is 32.1. The Balaban J connectivity index is 1.57. The fraction of sp³-hybridized carbons (Fsp3) is 0.125. The number of hydrogen-bond donors (Lipinski definition) is 2. The number of aryl methyl sites for hydroxylation is 1. The fourth-order valence-corrected chi connectivity index (χ4v) is 3.20. The van der Waals surface area contributed by atoms with Crippen molar-refractivity contribution in [3.05, 3.63) is 62.2 Å². The van der Waals surface area contributed by atoms with Crippen molar-refractivity contribution in [1.82, 2.24) is 15.5 Å². The molecule has 24 heavy (non-hydrogen) atoms. The molecule has 0 fully saturated rings. The van der Waals surface area contributed by atoms with Crippen LogP contribution in [-0.2, 0) is 6.54 Å². The minimum atomic E-state index is -0.313. The summed E-state index contributed by atoms with van der Waals surface area (Å²) in [6.45, 7) is 2.22. The Morgan fingerprint density at radius 3 is 2.58 bits per heavy atom. The molecule has 0 aliphatic rings. The third-order valence-electron chi connectivity index (χ3n) is 3.12. The van der Waals surface area contributed by atoms with E-state index in [-0.39, 0.29) is 23.4 Å². The maximum atomic E-state index is 12.1. The third kappa shape index (κ3) is 4.03. The number of thiophene rings is 1. The Bertz CT molecular complexity index is 841. The second kappa shape index (κ2) is 7.33. The van der Waals surface area contributed by atoms with Gasteiger partial charge in [-0.2, -0.15) is 0 Å². The van der Waals surface area contributed by atoms with Gasteiger partial charge in [-0.3, -0.25) is 9.59 Å². The van der Waals surface area contributed by atoms with Crippen molar-refractivity contribution in [3.63, 3.8) is 0 Å². The number of rotatable bonds is 5. The van der Waals surface area contributed by atoms with E-state index in [1.807, 2.05) is 42.6 Å². The quantitative estimate of drug-likeness (QED) is 0.734. The Morgan fingerprint density at radius 1 is 1.08 bits per heavy atom. The maximum Gasteiger partial charge on any atom is 0.286 e. The highest BCUT2D eigenvalue weighted by Gasteiger charge is 2.14. The van der Waals surface area contributed by atoms with E-state index in [1.165, 1.54) is 11.3 Å². The van der Waals surface area contributed by atoms with Crippen LogP contribution in [0.1, 0.15) is 30.0 Å². The molecule has 0 aliphatic carbocycles. The van der Waals surface area contributed by atoms with E-state index in [2.05, 4.69) is 20.8 Å². The average molecular weight is 358 g/mol. The van der Waals surface area contributed by atoms with E-state index in [9.17, 15) is 9.59 Å². The maximum absolute atomic E-state index is 12.1. The van der Waals surface area contributed by atoms with Gasteiger partial charge in [0, 0.05) is 5.69 Å². The fourth-order valence-electron chi connectivity index (χ4n) is 1.89. The molecule has 8 heteroatoms. The van der Waals surface area contributed by atoms with Crippen molar-refractivity contribution in [1.29, 1.82) is 0 Å². The minimum absolute atomic E-state index is 0.161. The molecule has 6 nitrogen and oxygen atoms in total. The van der Waals surface area contributed by atoms with Gasteiger partial charge in [0.15, 0.2) is 0 Å². The first-order chi connectivity index (χ1) is 11.6. The number of amides is 2. The topological polar surface area (TPSA) is 84.0 Å². The molecule has 0 spiro atoms. The molecular formula is C16H14N4O2S2. The summed E-state index contributed by atoms with van der Waals surface area (Å²) in [6, 6.07) is 11.1. The zero-order valence-corrected chi connectivity index (χ0v) is 14.4. The molecule has 0 bridgehead atoms. The lowest BCUT2D eigenvalue weighted by atomic mass is 10.2. The number of nitrogens with zero attached hydrogens (tertiary/aromatic N) is 2. The number of carbonyl (C=O) groups excluding carboxylic acids is 2. The number of nitrogens with one attached hydrogen (secondary N) is 2. The van der Waals surface area contributed by atoms with Crippen LogP contribution in [0.15, 0.2) is 41.8 Å². The molecule has 0 unspecified atom stereocenters. The SMILES string of the molecule is Cc1ccc(NC(=O)c2nnc(CNC(=O)c3cccs3)s2)cc1. The first-order valence-electron chi connectivity index (χ1n) is 7.14. The van der Waals surface area contributed by atoms with Crippen LogP contribution < -0.4 is 10.6 Å². The van der Waals surface area contributed by atoms with Crippen molar-refractivity contribution in [2.75, 3.05) is 5.32 Å². The summed E-state index contributed by atoms with van der Waals surface area (Å²) in [7, 11) is 0. The highest BCUT2D eigenvalue weighted by molar-refractivity contribution is 7.13. The first-order valence-corrected chi connectivity index (χ1v) is 8.83. The molecule has 122 valence electrons. The predicted molar refractivity (Wildman–Crippen MR) is 94.5 cm³/mol. The van der Waals surface area contributed by atoms with Crippen LogP contribution in [0.5, 0.6) is 0 Å². The summed E-state index contributed by atoms with van der Waals surface area (Å²) in [5.41, 5.74) is 1.82. The highest BCUT2D eigenvalue weighted by Crippen LogP contribution is 2.14. The molecular weight excluding hydrogens is 344 g/mol. The zero-order chi connectivity index (χ0) is 16.9. The van der Waals surface area contributed by atoms with Crippen LogP contribution in [0.4, 0.5) is 5.69 Å². The molecule has 0 aliphatic heterocycles. The van der Waals surface area contributed by atoms with Gasteiger partial charge < -0.3 is 10.6 Å². The van der Waals surface area contributed by atoms with Gasteiger partial charge in [-0.05, 0) is 30.5 Å². The van der Waals surface area contributed by atoms with Crippen molar-refractivity contribution in [3.8, 4) is 0 Å². The molecule has 2 aromatic heterocycles. The Morgan fingerprint density at radius 2 is 1.88 bits per heavy atom. The molecule has 3 aromatic rings. The molecule has 2 heterocycles. The largest absolute Gasteiger partial charge is 0.345 e. The van der Waals surface area contributed by atoms with E-state index in [1.54, 1.807) is 6.07 Å². The van der Waals surface area contributed by atoms with E-state index >= 15 is 0 Å². The lowest BCUT2D eigenvalue weighted by molar-refractivity contribution is 0.0954. The molecule has 0 radical (unpaired) electrons. The summed E-state index contributed by atoms with van der Waals surface area (Å²) in [5, 5.41) is 16.0. The van der Waals surface area contributed by atoms with E-state index in [4.69, 9.17) is 0 Å². The Labute approximate surface area is 146 Å². The molecule has 0 atom stereocenters. The standard InChI is InChI=1S/C16H14N4O2S2/c1-10-4-6-11(7-5-10)18-15(22)16-20-19-13(24-16)9-17-14(21)12-3-2-8-23-12/h2-8H,9H2,1H3,(H,17,21)(H,18,22). The summed E-state index contributed by atoms with van der Waals surface area (Å²) in [5.74, 6) is -0.474. The van der Waals surface area contributed by atoms with Gasteiger partial charge in [0.25, 0.3) is 11.8 Å². The number of aromatic nitrogens is 2. The van der Waals surface area contributed by atoms with Crippen LogP contribution >= 0.6 is 22.7 Å². The van der Waals surface area contributed by atoms with Crippen LogP contribution in [0, 0.1) is 6.92 Å². The Hall–Kier alpha value is -2.58. The molecule has 2 amide bonds. The second-order valence-corrected chi connectivity index (χ2v) is 6.99. The van der Waals surface area contributed by atoms with Gasteiger partial charge in [-0.1, -0.05) is 35.1 Å². The van der Waals surface area contributed by atoms with Crippen LogP contribution in [-0.4, -0.2) is 22.0 Å². The van der Waals surface area contributed by atoms with Crippen LogP contribution in [0.3, 0.4) is 0 Å². The van der Waals surface area contributed by atoms with Crippen LogP contribution in [0.25, 0.3) is 0 Å². The summed E-state index contributed by atoms with van der Waals surface area (Å²) in [4.78, 5) is 24.6. The molecule has 2 N–H and O–H groups in total. The Kier molecular flexibility index (Phi) is 4.97. The zero-order valence-electron chi connectivity index (χ0n) is 12.8. The second-order valence-electron chi connectivity index (χ2n) is 4.98. The summed E-state index contributed by atoms with van der Waals surface area (Å²) < 4.78 is 0. The van der Waals surface area contributed by atoms with Crippen molar-refractivity contribution >= 4 is 40.2 Å². The van der Waals surface area contributed by atoms with E-state index in [0.717, 1.165) is 16.9 Å². The monoisotopic (exact) mass is 358 g/mol. The normalized spacial score (nSPS) is 10.4. The number of anilines is 1. The molecule has 1 aromatic carbocycles. The number of carbonyl (C=O) groups is 2. The third-order valence-corrected chi connectivity index (χ3v) is 4.91. The van der Waals surface area contributed by atoms with Crippen molar-refractivity contribution in [2.45, 2.75) is 13.5 Å². The van der Waals surface area contributed by atoms with Crippen LogP contribution in [0.2, 0.25) is 0 Å². The minimum Gasteiger partial charge on any atom is -0.345 e. The summed E-state index contributed by atoms with van der Waals surface area (Å²) >= 11 is 2.53. The smallest absolute Gasteiger partial charge is 0.286 e. The van der Waals surface area contributed by atoms with Gasteiger partial charge in [0.1, 0.15) is 5.01 Å². The average Bonchev–Trinajstić information content (AvgIpc) is 3.26. The molecule has 3 rings (SSSR count). The van der Waals surface area contributed by atoms with Gasteiger partial charge >= 0.3 is 0 Å². The van der Waals surface area contributed by atoms with E-state index in [0.29, 0.717) is 15.6 Å². The number of hydrogen-bond acceptors (Lipinski definition) is 6. The van der Waals surface area contributed by atoms with E-state index < -0.39 is 0 Å². The molecule has 0 saturated heterocycles. The lowest BCUT2D eigenvalue weighted by Gasteiger charge is -2.02. The lowest BCUT2D eigenvalue weighted by Crippen LogP contribution is -2.21. The molecule has 0 saturated carbocycles. The van der Waals surface area contributed by atoms with Gasteiger partial charge in [0.2, 0.25) is 5.01 Å². The number of benzene rings is 1. The first kappa shape index (κ1) is 16.3. The predicted octanol–water partition coefficient (Wildman–Crippen LogP) is 3.09.